The van der Waals surface area contributed by atoms with E-state index in [4.69, 9.17) is 0 Å². The van der Waals surface area contributed by atoms with Crippen LogP contribution in [0.4, 0.5) is 5.69 Å². The molecule has 2 aromatic rings. The molecule has 1 aliphatic rings. The summed E-state index contributed by atoms with van der Waals surface area (Å²) < 4.78 is 0. The Bertz CT molecular complexity index is 682. The average Bonchev–Trinajstić information content (AvgIpc) is 2.82. The molecule has 3 nitrogen and oxygen atoms in total. The molecule has 1 heterocycles. The molecule has 0 radical (unpaired) electrons. The molecule has 1 unspecified atom stereocenters. The van der Waals surface area contributed by atoms with Crippen LogP contribution in [0.15, 0.2) is 48.5 Å². The lowest BCUT2D eigenvalue weighted by atomic mass is 9.96. The summed E-state index contributed by atoms with van der Waals surface area (Å²) in [6.45, 7) is 0. The molecule has 1 atom stereocenters. The molecule has 4 heteroatoms. The highest BCUT2D eigenvalue weighted by molar-refractivity contribution is 7.99. The summed E-state index contributed by atoms with van der Waals surface area (Å²) in [5, 5.41) is 2.52. The SMILES string of the molecule is CSC1C(=O)Nc2cccc(C(=O)c3ccccc3)c21. The number of ketones is 1. The lowest BCUT2D eigenvalue weighted by molar-refractivity contribution is -0.115. The Kier molecular flexibility index (Phi) is 3.32. The Morgan fingerprint density at radius 1 is 1.10 bits per heavy atom. The normalized spacial score (nSPS) is 16.6. The molecule has 3 rings (SSSR count). The first kappa shape index (κ1) is 12.9. The Morgan fingerprint density at radius 3 is 2.55 bits per heavy atom. The topological polar surface area (TPSA) is 46.2 Å². The van der Waals surface area contributed by atoms with Crippen LogP contribution in [0.3, 0.4) is 0 Å². The van der Waals surface area contributed by atoms with Crippen molar-refractivity contribution < 1.29 is 9.59 Å². The van der Waals surface area contributed by atoms with Crippen molar-refractivity contribution in [2.45, 2.75) is 5.25 Å². The van der Waals surface area contributed by atoms with E-state index in [0.29, 0.717) is 11.1 Å². The van der Waals surface area contributed by atoms with Gasteiger partial charge in [0.25, 0.3) is 0 Å². The van der Waals surface area contributed by atoms with Gasteiger partial charge in [0.2, 0.25) is 5.91 Å². The highest BCUT2D eigenvalue weighted by Gasteiger charge is 2.33. The van der Waals surface area contributed by atoms with Gasteiger partial charge in [0.15, 0.2) is 5.78 Å². The fraction of sp³-hybridized carbons (Fsp3) is 0.125. The molecule has 2 aromatic carbocycles. The Hall–Kier alpha value is -2.07. The Labute approximate surface area is 121 Å². The monoisotopic (exact) mass is 283 g/mol. The van der Waals surface area contributed by atoms with Crippen molar-refractivity contribution in [1.82, 2.24) is 0 Å². The lowest BCUT2D eigenvalue weighted by Gasteiger charge is -2.10. The number of thioether (sulfide) groups is 1. The summed E-state index contributed by atoms with van der Waals surface area (Å²) in [4.78, 5) is 24.6. The van der Waals surface area contributed by atoms with E-state index in [1.165, 1.54) is 11.8 Å². The average molecular weight is 283 g/mol. The van der Waals surface area contributed by atoms with Crippen molar-refractivity contribution in [3.8, 4) is 0 Å². The maximum Gasteiger partial charge on any atom is 0.242 e. The summed E-state index contributed by atoms with van der Waals surface area (Å²) in [6.07, 6.45) is 1.88. The summed E-state index contributed by atoms with van der Waals surface area (Å²) in [5.41, 5.74) is 2.79. The molecule has 1 N–H and O–H groups in total. The Balaban J connectivity index is 2.11. The van der Waals surface area contributed by atoms with Gasteiger partial charge in [-0.15, -0.1) is 11.8 Å². The van der Waals surface area contributed by atoms with E-state index >= 15 is 0 Å². The number of anilines is 1. The number of carbonyl (C=O) groups excluding carboxylic acids is 2. The first-order valence-electron chi connectivity index (χ1n) is 6.28. The van der Waals surface area contributed by atoms with Crippen molar-refractivity contribution in [1.29, 1.82) is 0 Å². The third-order valence-corrected chi connectivity index (χ3v) is 4.30. The number of hydrogen-bond donors (Lipinski definition) is 1. The molecule has 0 saturated heterocycles. The molecule has 1 aliphatic heterocycles. The maximum absolute atomic E-state index is 12.6. The van der Waals surface area contributed by atoms with Crippen molar-refractivity contribution in [2.75, 3.05) is 11.6 Å². The zero-order valence-corrected chi connectivity index (χ0v) is 11.7. The van der Waals surface area contributed by atoms with Gasteiger partial charge in [-0.05, 0) is 12.3 Å². The number of nitrogens with one attached hydrogen (secondary N) is 1. The third kappa shape index (κ3) is 2.02. The molecule has 0 aromatic heterocycles. The molecule has 100 valence electrons. The summed E-state index contributed by atoms with van der Waals surface area (Å²) in [5.74, 6) is -0.0983. The number of fused-ring (bicyclic) bond motifs is 1. The first-order valence-corrected chi connectivity index (χ1v) is 7.57. The van der Waals surface area contributed by atoms with Gasteiger partial charge in [-0.2, -0.15) is 0 Å². The molecule has 0 spiro atoms. The van der Waals surface area contributed by atoms with Crippen LogP contribution in [0.1, 0.15) is 26.7 Å². The van der Waals surface area contributed by atoms with Gasteiger partial charge in [0.05, 0.1) is 0 Å². The minimum absolute atomic E-state index is 0.0435. The van der Waals surface area contributed by atoms with Crippen LogP contribution in [0.25, 0.3) is 0 Å². The van der Waals surface area contributed by atoms with Crippen LogP contribution in [-0.4, -0.2) is 17.9 Å². The molecule has 20 heavy (non-hydrogen) atoms. The molecule has 0 saturated carbocycles. The molecule has 1 amide bonds. The van der Waals surface area contributed by atoms with E-state index in [1.807, 2.05) is 30.5 Å². The standard InChI is InChI=1S/C16H13NO2S/c1-20-15-13-11(8-5-9-12(13)17-16(15)19)14(18)10-6-3-2-4-7-10/h2-9,15H,1H3,(H,17,19). The maximum atomic E-state index is 12.6. The number of hydrogen-bond acceptors (Lipinski definition) is 3. The van der Waals surface area contributed by atoms with Gasteiger partial charge in [-0.3, -0.25) is 9.59 Å². The third-order valence-electron chi connectivity index (χ3n) is 3.38. The van der Waals surface area contributed by atoms with E-state index in [1.54, 1.807) is 24.3 Å². The van der Waals surface area contributed by atoms with Gasteiger partial charge < -0.3 is 5.32 Å². The van der Waals surface area contributed by atoms with E-state index < -0.39 is 0 Å². The van der Waals surface area contributed by atoms with Gasteiger partial charge in [0, 0.05) is 22.4 Å². The summed E-state index contributed by atoms with van der Waals surface area (Å²) in [7, 11) is 0. The van der Waals surface area contributed by atoms with E-state index in [0.717, 1.165) is 11.3 Å². The number of amides is 1. The van der Waals surface area contributed by atoms with E-state index in [2.05, 4.69) is 5.32 Å². The molecular formula is C16H13NO2S. The summed E-state index contributed by atoms with van der Waals surface area (Å²) >= 11 is 1.45. The van der Waals surface area contributed by atoms with Crippen molar-refractivity contribution >= 4 is 29.1 Å². The minimum Gasteiger partial charge on any atom is -0.324 e. The van der Waals surface area contributed by atoms with Crippen LogP contribution in [0, 0.1) is 0 Å². The van der Waals surface area contributed by atoms with Crippen molar-refractivity contribution in [3.63, 3.8) is 0 Å². The second kappa shape index (κ2) is 5.13. The number of benzene rings is 2. The molecule has 0 aliphatic carbocycles. The highest BCUT2D eigenvalue weighted by atomic mass is 32.2. The fourth-order valence-corrected chi connectivity index (χ4v) is 3.22. The molecular weight excluding hydrogens is 270 g/mol. The van der Waals surface area contributed by atoms with E-state index in [-0.39, 0.29) is 16.9 Å². The highest BCUT2D eigenvalue weighted by Crippen LogP contribution is 2.41. The van der Waals surface area contributed by atoms with Gasteiger partial charge in [-0.1, -0.05) is 42.5 Å². The van der Waals surface area contributed by atoms with Crippen LogP contribution >= 0.6 is 11.8 Å². The zero-order valence-electron chi connectivity index (χ0n) is 10.9. The van der Waals surface area contributed by atoms with Crippen LogP contribution in [0.5, 0.6) is 0 Å². The van der Waals surface area contributed by atoms with Gasteiger partial charge in [-0.25, -0.2) is 0 Å². The van der Waals surface area contributed by atoms with Crippen LogP contribution in [-0.2, 0) is 4.79 Å². The van der Waals surface area contributed by atoms with Crippen LogP contribution < -0.4 is 5.32 Å². The fourth-order valence-electron chi connectivity index (χ4n) is 2.45. The second-order valence-corrected chi connectivity index (χ2v) is 5.51. The van der Waals surface area contributed by atoms with Crippen LogP contribution in [0.2, 0.25) is 0 Å². The number of carbonyl (C=O) groups is 2. The first-order chi connectivity index (χ1) is 9.72. The van der Waals surface area contributed by atoms with Crippen molar-refractivity contribution in [3.05, 3.63) is 65.2 Å². The minimum atomic E-state index is -0.311. The predicted molar refractivity (Wildman–Crippen MR) is 81.2 cm³/mol. The zero-order chi connectivity index (χ0) is 14.1. The largest absolute Gasteiger partial charge is 0.324 e. The lowest BCUT2D eigenvalue weighted by Crippen LogP contribution is -2.10. The van der Waals surface area contributed by atoms with Gasteiger partial charge in [0.1, 0.15) is 5.25 Å². The second-order valence-electron chi connectivity index (χ2n) is 4.57. The quantitative estimate of drug-likeness (QED) is 0.879. The predicted octanol–water partition coefficient (Wildman–Crippen LogP) is 3.27. The van der Waals surface area contributed by atoms with Gasteiger partial charge >= 0.3 is 0 Å². The smallest absolute Gasteiger partial charge is 0.242 e. The Morgan fingerprint density at radius 2 is 1.85 bits per heavy atom. The van der Waals surface area contributed by atoms with Crippen molar-refractivity contribution in [2.24, 2.45) is 0 Å². The molecule has 0 bridgehead atoms. The summed E-state index contributed by atoms with van der Waals surface area (Å²) in [6, 6.07) is 14.6. The number of rotatable bonds is 3. The van der Waals surface area contributed by atoms with E-state index in [9.17, 15) is 9.59 Å². The molecule has 0 fully saturated rings.